The molecule has 1 aromatic heterocycles. The molecule has 23 heavy (non-hydrogen) atoms. The Balaban J connectivity index is 1.75. The van der Waals surface area contributed by atoms with E-state index < -0.39 is 5.82 Å². The predicted molar refractivity (Wildman–Crippen MR) is 87.1 cm³/mol. The molecule has 0 bridgehead atoms. The summed E-state index contributed by atoms with van der Waals surface area (Å²) in [7, 11) is 1.88. The van der Waals surface area contributed by atoms with Crippen molar-refractivity contribution in [2.75, 3.05) is 5.32 Å². The lowest BCUT2D eigenvalue weighted by Gasteiger charge is -2.09. The normalized spacial score (nSPS) is 10.3. The summed E-state index contributed by atoms with van der Waals surface area (Å²) in [4.78, 5) is 0. The zero-order valence-corrected chi connectivity index (χ0v) is 12.6. The van der Waals surface area contributed by atoms with Crippen LogP contribution in [0.1, 0.15) is 11.1 Å². The molecular weight excluding hydrogens is 291 g/mol. The largest absolute Gasteiger partial charge is 0.379 e. The number of hydrogen-bond donors (Lipinski definition) is 1. The van der Waals surface area contributed by atoms with Crippen molar-refractivity contribution in [1.82, 2.24) is 9.78 Å². The van der Waals surface area contributed by atoms with Gasteiger partial charge in [-0.2, -0.15) is 10.4 Å². The molecule has 0 fully saturated rings. The van der Waals surface area contributed by atoms with Crippen LogP contribution in [-0.4, -0.2) is 9.78 Å². The fourth-order valence-electron chi connectivity index (χ4n) is 2.36. The topological polar surface area (TPSA) is 53.6 Å². The number of rotatable bonds is 4. The number of hydrogen-bond acceptors (Lipinski definition) is 3. The summed E-state index contributed by atoms with van der Waals surface area (Å²) >= 11 is 0. The third-order valence-corrected chi connectivity index (χ3v) is 3.55. The molecule has 0 saturated carbocycles. The van der Waals surface area contributed by atoms with E-state index >= 15 is 0 Å². The Kier molecular flexibility index (Phi) is 4.07. The lowest BCUT2D eigenvalue weighted by atomic mass is 10.1. The SMILES string of the molecule is Cn1cc(-c2cccc(CNc3ccc(C#N)cc3F)c2)cn1. The van der Waals surface area contributed by atoms with Gasteiger partial charge in [0.15, 0.2) is 0 Å². The molecule has 3 rings (SSSR count). The second-order valence-electron chi connectivity index (χ2n) is 5.26. The molecule has 0 aliphatic rings. The van der Waals surface area contributed by atoms with Gasteiger partial charge in [-0.15, -0.1) is 0 Å². The maximum Gasteiger partial charge on any atom is 0.147 e. The van der Waals surface area contributed by atoms with Gasteiger partial charge in [0.1, 0.15) is 5.82 Å². The van der Waals surface area contributed by atoms with E-state index in [4.69, 9.17) is 5.26 Å². The number of halogens is 1. The smallest absolute Gasteiger partial charge is 0.147 e. The minimum Gasteiger partial charge on any atom is -0.379 e. The zero-order valence-electron chi connectivity index (χ0n) is 12.6. The molecule has 0 aliphatic carbocycles. The molecule has 0 radical (unpaired) electrons. The quantitative estimate of drug-likeness (QED) is 0.799. The molecule has 5 heteroatoms. The summed E-state index contributed by atoms with van der Waals surface area (Å²) in [6, 6.07) is 14.3. The third-order valence-electron chi connectivity index (χ3n) is 3.55. The van der Waals surface area contributed by atoms with E-state index in [1.165, 1.54) is 6.07 Å². The second-order valence-corrected chi connectivity index (χ2v) is 5.26. The summed E-state index contributed by atoms with van der Waals surface area (Å²) in [5, 5.41) is 16.0. The van der Waals surface area contributed by atoms with Crippen LogP contribution >= 0.6 is 0 Å². The highest BCUT2D eigenvalue weighted by Gasteiger charge is 2.05. The van der Waals surface area contributed by atoms with Crippen LogP contribution in [0.3, 0.4) is 0 Å². The van der Waals surface area contributed by atoms with E-state index in [-0.39, 0.29) is 0 Å². The number of aromatic nitrogens is 2. The van der Waals surface area contributed by atoms with Crippen LogP contribution in [0.25, 0.3) is 11.1 Å². The van der Waals surface area contributed by atoms with Gasteiger partial charge >= 0.3 is 0 Å². The Labute approximate surface area is 133 Å². The van der Waals surface area contributed by atoms with Crippen molar-refractivity contribution >= 4 is 5.69 Å². The van der Waals surface area contributed by atoms with Crippen LogP contribution in [0, 0.1) is 17.1 Å². The first-order valence-corrected chi connectivity index (χ1v) is 7.17. The van der Waals surface area contributed by atoms with E-state index in [2.05, 4.69) is 10.4 Å². The number of nitrogens with one attached hydrogen (secondary N) is 1. The Hall–Kier alpha value is -3.13. The Morgan fingerprint density at radius 2 is 2.09 bits per heavy atom. The van der Waals surface area contributed by atoms with Crippen molar-refractivity contribution in [3.8, 4) is 17.2 Å². The van der Waals surface area contributed by atoms with E-state index in [0.29, 0.717) is 17.8 Å². The summed E-state index contributed by atoms with van der Waals surface area (Å²) in [6.07, 6.45) is 3.76. The van der Waals surface area contributed by atoms with E-state index in [1.807, 2.05) is 49.8 Å². The van der Waals surface area contributed by atoms with Crippen LogP contribution in [0.5, 0.6) is 0 Å². The third kappa shape index (κ3) is 3.38. The maximum absolute atomic E-state index is 13.9. The molecule has 0 spiro atoms. The van der Waals surface area contributed by atoms with Crippen molar-refractivity contribution in [3.05, 3.63) is 71.8 Å². The lowest BCUT2D eigenvalue weighted by molar-refractivity contribution is 0.629. The number of nitrogens with zero attached hydrogens (tertiary/aromatic N) is 3. The molecule has 3 aromatic rings. The van der Waals surface area contributed by atoms with Gasteiger partial charge < -0.3 is 5.32 Å². The van der Waals surface area contributed by atoms with Gasteiger partial charge in [0, 0.05) is 25.4 Å². The van der Waals surface area contributed by atoms with Crippen LogP contribution < -0.4 is 5.32 Å². The Bertz CT molecular complexity index is 877. The van der Waals surface area contributed by atoms with Crippen molar-refractivity contribution in [3.63, 3.8) is 0 Å². The van der Waals surface area contributed by atoms with Gasteiger partial charge in [-0.1, -0.05) is 18.2 Å². The standard InChI is InChI=1S/C18H15FN4/c1-23-12-16(11-22-23)15-4-2-3-14(7-15)10-21-18-6-5-13(9-20)8-17(18)19/h2-8,11-12,21H,10H2,1H3. The average molecular weight is 306 g/mol. The fraction of sp³-hybridized carbons (Fsp3) is 0.111. The second kappa shape index (κ2) is 6.32. The molecule has 2 aromatic carbocycles. The minimum atomic E-state index is -0.424. The van der Waals surface area contributed by atoms with Gasteiger partial charge in [-0.25, -0.2) is 4.39 Å². The van der Waals surface area contributed by atoms with Gasteiger partial charge in [0.05, 0.1) is 23.5 Å². The van der Waals surface area contributed by atoms with E-state index in [1.54, 1.807) is 16.8 Å². The molecule has 0 atom stereocenters. The Morgan fingerprint density at radius 1 is 1.22 bits per heavy atom. The average Bonchev–Trinajstić information content (AvgIpc) is 3.00. The van der Waals surface area contributed by atoms with Crippen molar-refractivity contribution in [1.29, 1.82) is 5.26 Å². The van der Waals surface area contributed by atoms with Gasteiger partial charge in [-0.3, -0.25) is 4.68 Å². The monoisotopic (exact) mass is 306 g/mol. The van der Waals surface area contributed by atoms with Gasteiger partial charge in [0.2, 0.25) is 0 Å². The predicted octanol–water partition coefficient (Wildman–Crippen LogP) is 3.71. The minimum absolute atomic E-state index is 0.312. The number of aryl methyl sites for hydroxylation is 1. The van der Waals surface area contributed by atoms with Crippen LogP contribution in [0.15, 0.2) is 54.9 Å². The van der Waals surface area contributed by atoms with Crippen molar-refractivity contribution < 1.29 is 4.39 Å². The summed E-state index contributed by atoms with van der Waals surface area (Å²) in [5.41, 5.74) is 3.84. The zero-order chi connectivity index (χ0) is 16.2. The Morgan fingerprint density at radius 3 is 2.78 bits per heavy atom. The fourth-order valence-corrected chi connectivity index (χ4v) is 2.36. The lowest BCUT2D eigenvalue weighted by Crippen LogP contribution is -2.01. The van der Waals surface area contributed by atoms with Crippen LogP contribution in [-0.2, 0) is 13.6 Å². The molecule has 0 amide bonds. The van der Waals surface area contributed by atoms with Crippen molar-refractivity contribution in [2.24, 2.45) is 7.05 Å². The molecule has 0 aliphatic heterocycles. The molecule has 4 nitrogen and oxygen atoms in total. The maximum atomic E-state index is 13.9. The number of nitriles is 1. The summed E-state index contributed by atoms with van der Waals surface area (Å²) < 4.78 is 15.6. The molecular formula is C18H15FN4. The summed E-state index contributed by atoms with van der Waals surface area (Å²) in [6.45, 7) is 0.497. The highest BCUT2D eigenvalue weighted by Crippen LogP contribution is 2.21. The molecule has 114 valence electrons. The van der Waals surface area contributed by atoms with Crippen molar-refractivity contribution in [2.45, 2.75) is 6.54 Å². The highest BCUT2D eigenvalue weighted by atomic mass is 19.1. The molecule has 0 saturated heterocycles. The molecule has 0 unspecified atom stereocenters. The first kappa shape index (κ1) is 14.8. The summed E-state index contributed by atoms with van der Waals surface area (Å²) in [5.74, 6) is -0.424. The molecule has 1 heterocycles. The number of benzene rings is 2. The van der Waals surface area contributed by atoms with E-state index in [9.17, 15) is 4.39 Å². The van der Waals surface area contributed by atoms with Gasteiger partial charge in [0.25, 0.3) is 0 Å². The molecule has 1 N–H and O–H groups in total. The first-order chi connectivity index (χ1) is 11.2. The van der Waals surface area contributed by atoms with Crippen LogP contribution in [0.2, 0.25) is 0 Å². The highest BCUT2D eigenvalue weighted by molar-refractivity contribution is 5.62. The number of anilines is 1. The first-order valence-electron chi connectivity index (χ1n) is 7.17. The van der Waals surface area contributed by atoms with Crippen LogP contribution in [0.4, 0.5) is 10.1 Å². The van der Waals surface area contributed by atoms with E-state index in [0.717, 1.165) is 16.7 Å². The van der Waals surface area contributed by atoms with Gasteiger partial charge in [-0.05, 0) is 35.4 Å².